The van der Waals surface area contributed by atoms with Gasteiger partial charge >= 0.3 is 5.97 Å². The van der Waals surface area contributed by atoms with Gasteiger partial charge in [-0.3, -0.25) is 9.59 Å². The third-order valence-corrected chi connectivity index (χ3v) is 5.51. The molecule has 8 heteroatoms. The molecule has 0 fully saturated rings. The van der Waals surface area contributed by atoms with Crippen molar-refractivity contribution < 1.29 is 23.5 Å². The second-order valence-electron chi connectivity index (χ2n) is 8.23. The highest BCUT2D eigenvalue weighted by molar-refractivity contribution is 5.92. The van der Waals surface area contributed by atoms with E-state index < -0.39 is 23.6 Å². The molecule has 4 aromatic rings. The predicted molar refractivity (Wildman–Crippen MR) is 141 cm³/mol. The highest BCUT2D eigenvalue weighted by Crippen LogP contribution is 2.24. The minimum Gasteiger partial charge on any atom is -0.423 e. The molecule has 38 heavy (non-hydrogen) atoms. The largest absolute Gasteiger partial charge is 0.423 e. The fourth-order valence-electron chi connectivity index (χ4n) is 3.68. The highest BCUT2D eigenvalue weighted by atomic mass is 19.1. The molecule has 0 bridgehead atoms. The second kappa shape index (κ2) is 12.7. The summed E-state index contributed by atoms with van der Waals surface area (Å²) in [5, 5.41) is 6.58. The van der Waals surface area contributed by atoms with Crippen LogP contribution in [-0.2, 0) is 9.59 Å². The van der Waals surface area contributed by atoms with Crippen LogP contribution in [0, 0.1) is 5.82 Å². The van der Waals surface area contributed by atoms with Crippen molar-refractivity contribution in [3.63, 3.8) is 0 Å². The average Bonchev–Trinajstić information content (AvgIpc) is 2.94. The number of nitrogens with one attached hydrogen (secondary N) is 2. The first-order chi connectivity index (χ1) is 18.5. The number of hydrogen-bond donors (Lipinski definition) is 2. The van der Waals surface area contributed by atoms with E-state index in [9.17, 15) is 18.8 Å². The molecule has 0 saturated heterocycles. The quantitative estimate of drug-likeness (QED) is 0.151. The van der Waals surface area contributed by atoms with E-state index in [0.717, 1.165) is 17.2 Å². The number of nitrogens with zero attached hydrogens (tertiary/aromatic N) is 1. The third kappa shape index (κ3) is 7.20. The first-order valence-corrected chi connectivity index (χ1v) is 11.8. The van der Waals surface area contributed by atoms with Crippen molar-refractivity contribution >= 4 is 24.0 Å². The summed E-state index contributed by atoms with van der Waals surface area (Å²) in [5.41, 5.74) is 4.75. The van der Waals surface area contributed by atoms with Crippen molar-refractivity contribution in [2.24, 2.45) is 5.10 Å². The van der Waals surface area contributed by atoms with E-state index in [4.69, 9.17) is 4.74 Å². The summed E-state index contributed by atoms with van der Waals surface area (Å²) in [6, 6.07) is 30.3. The summed E-state index contributed by atoms with van der Waals surface area (Å²) in [6.45, 7) is -0.249. The lowest BCUT2D eigenvalue weighted by atomic mass is 9.90. The third-order valence-electron chi connectivity index (χ3n) is 5.51. The number of esters is 1. The smallest absolute Gasteiger partial charge is 0.343 e. The van der Waals surface area contributed by atoms with Crippen molar-refractivity contribution in [1.82, 2.24) is 10.7 Å². The van der Waals surface area contributed by atoms with Gasteiger partial charge in [-0.2, -0.15) is 5.10 Å². The predicted octanol–water partition coefficient (Wildman–Crippen LogP) is 4.44. The van der Waals surface area contributed by atoms with Crippen LogP contribution < -0.4 is 15.5 Å². The van der Waals surface area contributed by atoms with Gasteiger partial charge < -0.3 is 10.1 Å². The maximum absolute atomic E-state index is 13.3. The molecule has 2 N–H and O–H groups in total. The Labute approximate surface area is 219 Å². The van der Waals surface area contributed by atoms with Crippen LogP contribution in [0.4, 0.5) is 4.39 Å². The van der Waals surface area contributed by atoms with Gasteiger partial charge in [0, 0.05) is 0 Å². The Morgan fingerprint density at radius 2 is 1.45 bits per heavy atom. The zero-order valence-electron chi connectivity index (χ0n) is 20.2. The number of ether oxygens (including phenoxy) is 1. The van der Waals surface area contributed by atoms with Gasteiger partial charge in [0.25, 0.3) is 5.91 Å². The van der Waals surface area contributed by atoms with E-state index in [-0.39, 0.29) is 23.8 Å². The molecule has 0 spiro atoms. The number of hydrogen-bond acceptors (Lipinski definition) is 5. The van der Waals surface area contributed by atoms with E-state index in [1.54, 1.807) is 24.3 Å². The molecule has 0 radical (unpaired) electrons. The molecule has 0 aromatic heterocycles. The topological polar surface area (TPSA) is 96.9 Å². The summed E-state index contributed by atoms with van der Waals surface area (Å²) in [7, 11) is 0. The lowest BCUT2D eigenvalue weighted by molar-refractivity contribution is -0.126. The summed E-state index contributed by atoms with van der Waals surface area (Å²) >= 11 is 0. The van der Waals surface area contributed by atoms with Crippen molar-refractivity contribution in [3.8, 4) is 5.75 Å². The van der Waals surface area contributed by atoms with Gasteiger partial charge in [0.15, 0.2) is 0 Å². The van der Waals surface area contributed by atoms with Crippen molar-refractivity contribution in [2.75, 3.05) is 6.54 Å². The molecule has 7 nitrogen and oxygen atoms in total. The fourth-order valence-corrected chi connectivity index (χ4v) is 3.68. The molecular weight excluding hydrogens is 485 g/mol. The lowest BCUT2D eigenvalue weighted by Crippen LogP contribution is -2.37. The Kier molecular flexibility index (Phi) is 8.70. The number of carbonyl (C=O) groups is 3. The molecule has 0 atom stereocenters. The second-order valence-corrected chi connectivity index (χ2v) is 8.23. The molecule has 190 valence electrons. The monoisotopic (exact) mass is 509 g/mol. The van der Waals surface area contributed by atoms with E-state index >= 15 is 0 Å². The zero-order valence-corrected chi connectivity index (χ0v) is 20.2. The molecule has 4 aromatic carbocycles. The molecule has 0 heterocycles. The Balaban J connectivity index is 1.28. The number of carbonyl (C=O) groups excluding carboxylic acids is 3. The molecular formula is C30H24FN3O4. The Morgan fingerprint density at radius 1 is 0.816 bits per heavy atom. The summed E-state index contributed by atoms with van der Waals surface area (Å²) in [5.74, 6) is -2.28. The van der Waals surface area contributed by atoms with Crippen LogP contribution in [0.2, 0.25) is 0 Å². The van der Waals surface area contributed by atoms with Gasteiger partial charge in [0.1, 0.15) is 11.6 Å². The summed E-state index contributed by atoms with van der Waals surface area (Å²) in [4.78, 5) is 37.3. The standard InChI is InChI=1S/C30H24FN3O4/c31-25-13-7-12-24(18-25)30(37)38-26-16-14-21(15-17-26)19-33-34-27(35)20-32-29(36)28(22-8-3-1-4-9-22)23-10-5-2-6-11-23/h1-19,28H,20H2,(H,32,36)(H,34,35). The molecule has 2 amide bonds. The molecule has 4 rings (SSSR count). The maximum Gasteiger partial charge on any atom is 0.343 e. The van der Waals surface area contributed by atoms with Crippen molar-refractivity contribution in [3.05, 3.63) is 137 Å². The van der Waals surface area contributed by atoms with Crippen LogP contribution >= 0.6 is 0 Å². The van der Waals surface area contributed by atoms with E-state index in [0.29, 0.717) is 5.56 Å². The summed E-state index contributed by atoms with van der Waals surface area (Å²) < 4.78 is 18.5. The van der Waals surface area contributed by atoms with Gasteiger partial charge in [-0.05, 0) is 59.2 Å². The van der Waals surface area contributed by atoms with Gasteiger partial charge in [0.2, 0.25) is 5.91 Å². The number of rotatable bonds is 9. The van der Waals surface area contributed by atoms with Gasteiger partial charge in [-0.15, -0.1) is 0 Å². The van der Waals surface area contributed by atoms with Crippen LogP contribution in [0.25, 0.3) is 0 Å². The minimum atomic E-state index is -0.679. The van der Waals surface area contributed by atoms with Gasteiger partial charge in [-0.1, -0.05) is 66.7 Å². The van der Waals surface area contributed by atoms with Crippen LogP contribution in [0.1, 0.15) is 33.0 Å². The molecule has 0 saturated carbocycles. The highest BCUT2D eigenvalue weighted by Gasteiger charge is 2.22. The van der Waals surface area contributed by atoms with E-state index in [1.165, 1.54) is 24.4 Å². The first-order valence-electron chi connectivity index (χ1n) is 11.8. The van der Waals surface area contributed by atoms with E-state index in [1.807, 2.05) is 60.7 Å². The van der Waals surface area contributed by atoms with Gasteiger partial charge in [0.05, 0.1) is 24.2 Å². The number of amides is 2. The lowest BCUT2D eigenvalue weighted by Gasteiger charge is -2.17. The van der Waals surface area contributed by atoms with Gasteiger partial charge in [-0.25, -0.2) is 14.6 Å². The van der Waals surface area contributed by atoms with Crippen LogP contribution in [-0.4, -0.2) is 30.5 Å². The maximum atomic E-state index is 13.3. The SMILES string of the molecule is O=C(CNC(=O)C(c1ccccc1)c1ccccc1)NN=Cc1ccc(OC(=O)c2cccc(F)c2)cc1. The van der Waals surface area contributed by atoms with Crippen LogP contribution in [0.5, 0.6) is 5.75 Å². The van der Waals surface area contributed by atoms with E-state index in [2.05, 4.69) is 15.8 Å². The molecule has 0 aliphatic carbocycles. The Hall–Kier alpha value is -5.11. The Bertz CT molecular complexity index is 1390. The van der Waals surface area contributed by atoms with Crippen molar-refractivity contribution in [2.45, 2.75) is 5.92 Å². The molecule has 0 aliphatic rings. The number of benzene rings is 4. The van der Waals surface area contributed by atoms with Crippen LogP contribution in [0.15, 0.2) is 114 Å². The minimum absolute atomic E-state index is 0.101. The number of halogens is 1. The molecule has 0 aliphatic heterocycles. The molecule has 0 unspecified atom stereocenters. The zero-order chi connectivity index (χ0) is 26.7. The fraction of sp³-hybridized carbons (Fsp3) is 0.0667. The Morgan fingerprint density at radius 3 is 2.05 bits per heavy atom. The van der Waals surface area contributed by atoms with Crippen molar-refractivity contribution in [1.29, 1.82) is 0 Å². The number of hydrazone groups is 1. The average molecular weight is 510 g/mol. The first kappa shape index (κ1) is 26.0. The van der Waals surface area contributed by atoms with Crippen LogP contribution in [0.3, 0.4) is 0 Å². The normalized spacial score (nSPS) is 10.8. The summed E-state index contributed by atoms with van der Waals surface area (Å²) in [6.07, 6.45) is 1.41.